The number of Topliss-reactive ketones (excluding diaryl/α,β-unsaturated/α-hetero) is 1. The summed E-state index contributed by atoms with van der Waals surface area (Å²) < 4.78 is 6.00. The number of oxazole rings is 1. The van der Waals surface area contributed by atoms with E-state index in [1.165, 1.54) is 0 Å². The van der Waals surface area contributed by atoms with Crippen molar-refractivity contribution >= 4 is 34.6 Å². The first-order valence-electron chi connectivity index (χ1n) is 12.6. The number of para-hydroxylation sites is 1. The number of carbonyl (C=O) groups excluding carboxylic acids is 1. The molecule has 1 aliphatic rings. The molecule has 0 saturated carbocycles. The Hall–Kier alpha value is -3.97. The molecule has 2 heterocycles. The summed E-state index contributed by atoms with van der Waals surface area (Å²) in [4.78, 5) is 29.2. The number of nitrogens with zero attached hydrogens (tertiary/aromatic N) is 1. The van der Waals surface area contributed by atoms with E-state index in [1.54, 1.807) is 0 Å². The molecule has 0 bridgehead atoms. The molecule has 190 valence electrons. The van der Waals surface area contributed by atoms with Crippen LogP contribution < -0.4 is 10.6 Å². The quantitative estimate of drug-likeness (QED) is 0.284. The number of rotatable bonds is 8. The van der Waals surface area contributed by atoms with Gasteiger partial charge in [0.05, 0.1) is 12.5 Å². The van der Waals surface area contributed by atoms with Crippen LogP contribution >= 0.6 is 0 Å². The van der Waals surface area contributed by atoms with E-state index in [1.807, 2.05) is 69.3 Å². The number of carbonyl (C=O) groups is 2. The molecular weight excluding hydrogens is 466 g/mol. The Balaban J connectivity index is 1.35. The minimum atomic E-state index is -0.808. The maximum Gasteiger partial charge on any atom is 0.303 e. The minimum absolute atomic E-state index is 0.0753. The van der Waals surface area contributed by atoms with Crippen LogP contribution in [0.15, 0.2) is 59.0 Å². The molecule has 2 atom stereocenters. The van der Waals surface area contributed by atoms with Crippen LogP contribution in [0.5, 0.6) is 0 Å². The van der Waals surface area contributed by atoms with Gasteiger partial charge in [0.15, 0.2) is 11.4 Å². The number of aromatic nitrogens is 1. The fraction of sp³-hybridized carbons (Fsp3) is 0.300. The Morgan fingerprint density at radius 1 is 1.14 bits per heavy atom. The lowest BCUT2D eigenvalue weighted by molar-refractivity contribution is -0.137. The second-order valence-electron chi connectivity index (χ2n) is 9.96. The molecule has 0 amide bonds. The molecule has 2 unspecified atom stereocenters. The lowest BCUT2D eigenvalue weighted by atomic mass is 9.86. The zero-order valence-corrected chi connectivity index (χ0v) is 21.3. The van der Waals surface area contributed by atoms with E-state index in [4.69, 9.17) is 9.52 Å². The monoisotopic (exact) mass is 497 g/mol. The summed E-state index contributed by atoms with van der Waals surface area (Å²) in [6, 6.07) is 17.9. The highest BCUT2D eigenvalue weighted by atomic mass is 16.4. The van der Waals surface area contributed by atoms with Crippen molar-refractivity contribution in [1.82, 2.24) is 10.3 Å². The number of hydrogen-bond acceptors (Lipinski definition) is 6. The van der Waals surface area contributed by atoms with Gasteiger partial charge in [0.2, 0.25) is 0 Å². The highest BCUT2D eigenvalue weighted by molar-refractivity contribution is 5.89. The summed E-state index contributed by atoms with van der Waals surface area (Å²) in [6.07, 6.45) is 1.17. The van der Waals surface area contributed by atoms with E-state index in [-0.39, 0.29) is 24.5 Å². The molecule has 37 heavy (non-hydrogen) atoms. The van der Waals surface area contributed by atoms with Gasteiger partial charge >= 0.3 is 5.97 Å². The average Bonchev–Trinajstić information content (AvgIpc) is 3.27. The van der Waals surface area contributed by atoms with E-state index >= 15 is 0 Å². The van der Waals surface area contributed by atoms with Gasteiger partial charge in [0.1, 0.15) is 5.52 Å². The van der Waals surface area contributed by atoms with Crippen LogP contribution in [0.25, 0.3) is 11.1 Å². The van der Waals surface area contributed by atoms with Gasteiger partial charge in [-0.05, 0) is 71.7 Å². The van der Waals surface area contributed by atoms with E-state index < -0.39 is 12.0 Å². The Bertz CT molecular complexity index is 1490. The molecule has 1 aliphatic heterocycles. The maximum absolute atomic E-state index is 13.4. The van der Waals surface area contributed by atoms with Crippen LogP contribution in [-0.2, 0) is 22.4 Å². The van der Waals surface area contributed by atoms with Crippen molar-refractivity contribution < 1.29 is 19.1 Å². The van der Waals surface area contributed by atoms with Crippen LogP contribution in [0.3, 0.4) is 0 Å². The Morgan fingerprint density at radius 3 is 2.73 bits per heavy atom. The van der Waals surface area contributed by atoms with Crippen molar-refractivity contribution in [1.29, 1.82) is 0 Å². The summed E-state index contributed by atoms with van der Waals surface area (Å²) in [5.74, 6) is -0.797. The molecule has 5 rings (SSSR count). The minimum Gasteiger partial charge on any atom is -0.481 e. The van der Waals surface area contributed by atoms with Crippen LogP contribution in [0.1, 0.15) is 58.7 Å². The summed E-state index contributed by atoms with van der Waals surface area (Å²) in [5.41, 5.74) is 8.37. The fourth-order valence-corrected chi connectivity index (χ4v) is 5.11. The lowest BCUT2D eigenvalue weighted by Crippen LogP contribution is -2.36. The van der Waals surface area contributed by atoms with Gasteiger partial charge < -0.3 is 20.2 Å². The van der Waals surface area contributed by atoms with Gasteiger partial charge in [0.25, 0.3) is 6.01 Å². The summed E-state index contributed by atoms with van der Waals surface area (Å²) in [5, 5.41) is 15.8. The van der Waals surface area contributed by atoms with Crippen molar-refractivity contribution in [2.45, 2.75) is 52.0 Å². The normalized spacial score (nSPS) is 15.8. The number of fused-ring (bicyclic) bond motifs is 2. The number of ketones is 1. The topological polar surface area (TPSA) is 104 Å². The molecule has 0 aliphatic carbocycles. The molecule has 0 radical (unpaired) electrons. The van der Waals surface area contributed by atoms with Crippen molar-refractivity contribution in [3.63, 3.8) is 0 Å². The summed E-state index contributed by atoms with van der Waals surface area (Å²) in [7, 11) is 0. The summed E-state index contributed by atoms with van der Waals surface area (Å²) >= 11 is 0. The SMILES string of the molecule is Cc1ccccc1Nc1nc2c(C)cc(CC(=O)C3NCCc4cc(C(C)CC(=O)O)ccc43)cc2o1. The standard InChI is InChI=1S/C30H31N3O4/c1-17-6-4-5-7-24(17)32-30-33-28-19(3)12-20(15-26(28)37-30)14-25(34)29-23-9-8-21(18(2)13-27(35)36)16-22(23)10-11-31-29/h4-9,12,15-16,18,29,31H,10-11,13-14H2,1-3H3,(H,32,33)(H,35,36). The first-order valence-corrected chi connectivity index (χ1v) is 12.6. The number of nitrogens with one attached hydrogen (secondary N) is 2. The van der Waals surface area contributed by atoms with Crippen LogP contribution in [-0.4, -0.2) is 28.4 Å². The number of aryl methyl sites for hydroxylation is 2. The molecule has 7 nitrogen and oxygen atoms in total. The number of carboxylic acid groups (broad SMARTS) is 1. The van der Waals surface area contributed by atoms with E-state index in [2.05, 4.69) is 21.7 Å². The molecule has 3 aromatic carbocycles. The number of anilines is 2. The van der Waals surface area contributed by atoms with E-state index in [0.717, 1.165) is 51.0 Å². The van der Waals surface area contributed by atoms with Gasteiger partial charge in [-0.15, -0.1) is 0 Å². The van der Waals surface area contributed by atoms with Gasteiger partial charge in [-0.1, -0.05) is 49.4 Å². The van der Waals surface area contributed by atoms with Gasteiger partial charge in [-0.25, -0.2) is 0 Å². The molecule has 4 aromatic rings. The average molecular weight is 498 g/mol. The Kier molecular flexibility index (Phi) is 6.80. The van der Waals surface area contributed by atoms with Crippen molar-refractivity contribution in [3.05, 3.63) is 88.0 Å². The van der Waals surface area contributed by atoms with Crippen LogP contribution in [0.4, 0.5) is 11.7 Å². The lowest BCUT2D eigenvalue weighted by Gasteiger charge is -2.27. The third-order valence-corrected chi connectivity index (χ3v) is 7.10. The zero-order chi connectivity index (χ0) is 26.1. The number of hydrogen-bond donors (Lipinski definition) is 3. The largest absolute Gasteiger partial charge is 0.481 e. The molecular formula is C30H31N3O4. The molecule has 7 heteroatoms. The molecule has 0 fully saturated rings. The second kappa shape index (κ2) is 10.2. The van der Waals surface area contributed by atoms with Crippen LogP contribution in [0, 0.1) is 13.8 Å². The van der Waals surface area contributed by atoms with Crippen LogP contribution in [0.2, 0.25) is 0 Å². The Morgan fingerprint density at radius 2 is 1.95 bits per heavy atom. The van der Waals surface area contributed by atoms with Gasteiger partial charge in [-0.3, -0.25) is 9.59 Å². The summed E-state index contributed by atoms with van der Waals surface area (Å²) in [6.45, 7) is 6.62. The van der Waals surface area contributed by atoms with Crippen molar-refractivity contribution in [2.75, 3.05) is 11.9 Å². The van der Waals surface area contributed by atoms with Gasteiger partial charge in [-0.2, -0.15) is 4.98 Å². The molecule has 3 N–H and O–H groups in total. The maximum atomic E-state index is 13.4. The third kappa shape index (κ3) is 5.27. The number of benzene rings is 3. The van der Waals surface area contributed by atoms with Gasteiger partial charge in [0, 0.05) is 18.7 Å². The zero-order valence-electron chi connectivity index (χ0n) is 21.3. The van der Waals surface area contributed by atoms with E-state index in [0.29, 0.717) is 18.1 Å². The highest BCUT2D eigenvalue weighted by Gasteiger charge is 2.27. The molecule has 1 aromatic heterocycles. The first kappa shape index (κ1) is 24.7. The number of carboxylic acids is 1. The number of aliphatic carboxylic acids is 1. The predicted molar refractivity (Wildman–Crippen MR) is 143 cm³/mol. The first-order chi connectivity index (χ1) is 17.8. The van der Waals surface area contributed by atoms with E-state index in [9.17, 15) is 9.59 Å². The van der Waals surface area contributed by atoms with Crippen molar-refractivity contribution in [3.8, 4) is 0 Å². The Labute approximate surface area is 215 Å². The fourth-order valence-electron chi connectivity index (χ4n) is 5.11. The molecule has 0 saturated heterocycles. The second-order valence-corrected chi connectivity index (χ2v) is 9.96. The van der Waals surface area contributed by atoms with Crippen molar-refractivity contribution in [2.24, 2.45) is 0 Å². The highest BCUT2D eigenvalue weighted by Crippen LogP contribution is 2.31. The molecule has 0 spiro atoms. The smallest absolute Gasteiger partial charge is 0.303 e. The predicted octanol–water partition coefficient (Wildman–Crippen LogP) is 5.77. The third-order valence-electron chi connectivity index (χ3n) is 7.10.